The molecular formula is C11H20N2O3. The van der Waals surface area contributed by atoms with Gasteiger partial charge in [0.1, 0.15) is 6.04 Å². The summed E-state index contributed by atoms with van der Waals surface area (Å²) in [6.07, 6.45) is 3.55. The van der Waals surface area contributed by atoms with Crippen LogP contribution in [-0.2, 0) is 14.3 Å². The predicted octanol–water partition coefficient (Wildman–Crippen LogP) is 0.196. The third-order valence-corrected chi connectivity index (χ3v) is 2.84. The largest absolute Gasteiger partial charge is 0.467 e. The number of rotatable bonds is 4. The van der Waals surface area contributed by atoms with E-state index in [1.807, 2.05) is 6.92 Å². The van der Waals surface area contributed by atoms with E-state index in [1.54, 1.807) is 0 Å². The first-order valence-corrected chi connectivity index (χ1v) is 5.80. The summed E-state index contributed by atoms with van der Waals surface area (Å²) in [4.78, 5) is 23.1. The fourth-order valence-electron chi connectivity index (χ4n) is 1.82. The highest BCUT2D eigenvalue weighted by Crippen LogP contribution is 2.07. The Morgan fingerprint density at radius 3 is 2.75 bits per heavy atom. The van der Waals surface area contributed by atoms with Crippen LogP contribution >= 0.6 is 0 Å². The molecule has 0 aromatic rings. The van der Waals surface area contributed by atoms with Gasteiger partial charge in [0.2, 0.25) is 5.91 Å². The summed E-state index contributed by atoms with van der Waals surface area (Å²) in [5.41, 5.74) is 0. The molecule has 1 aliphatic heterocycles. The summed E-state index contributed by atoms with van der Waals surface area (Å²) in [6, 6.07) is -0.686. The highest BCUT2D eigenvalue weighted by atomic mass is 16.5. The van der Waals surface area contributed by atoms with Crippen LogP contribution in [0.4, 0.5) is 0 Å². The normalized spacial score (nSPS) is 22.2. The van der Waals surface area contributed by atoms with Gasteiger partial charge in [-0.15, -0.1) is 0 Å². The molecule has 2 atom stereocenters. The van der Waals surface area contributed by atoms with Crippen molar-refractivity contribution >= 4 is 11.9 Å². The fraction of sp³-hybridized carbons (Fsp3) is 0.818. The maximum absolute atomic E-state index is 11.8. The lowest BCUT2D eigenvalue weighted by Crippen LogP contribution is -2.51. The van der Waals surface area contributed by atoms with Gasteiger partial charge in [-0.3, -0.25) is 4.79 Å². The van der Waals surface area contributed by atoms with E-state index in [4.69, 9.17) is 0 Å². The van der Waals surface area contributed by atoms with Crippen LogP contribution in [0.1, 0.15) is 32.6 Å². The zero-order chi connectivity index (χ0) is 12.0. The first-order valence-electron chi connectivity index (χ1n) is 5.80. The van der Waals surface area contributed by atoms with E-state index in [9.17, 15) is 9.59 Å². The van der Waals surface area contributed by atoms with Gasteiger partial charge in [0.15, 0.2) is 0 Å². The second kappa shape index (κ2) is 6.48. The van der Waals surface area contributed by atoms with Crippen molar-refractivity contribution in [2.24, 2.45) is 0 Å². The van der Waals surface area contributed by atoms with E-state index in [0.29, 0.717) is 6.42 Å². The molecule has 1 fully saturated rings. The summed E-state index contributed by atoms with van der Waals surface area (Å²) in [6.45, 7) is 2.71. The molecule has 1 amide bonds. The van der Waals surface area contributed by atoms with Crippen LogP contribution in [0.15, 0.2) is 0 Å². The molecule has 1 rings (SSSR count). The number of carbonyl (C=O) groups is 2. The number of ether oxygens (including phenoxy) is 1. The molecule has 5 heteroatoms. The molecule has 92 valence electrons. The maximum atomic E-state index is 11.8. The van der Waals surface area contributed by atoms with E-state index < -0.39 is 6.04 Å². The van der Waals surface area contributed by atoms with E-state index in [1.165, 1.54) is 7.11 Å². The molecule has 0 radical (unpaired) electrons. The van der Waals surface area contributed by atoms with Crippen LogP contribution in [0.2, 0.25) is 0 Å². The standard InChI is InChI=1S/C11H20N2O3/c1-3-8(11(15)16-2)13-10(14)9-6-4-5-7-12-9/h8-9,12H,3-7H2,1-2H3,(H,13,14)/t8?,9-/m1/s1. The second-order valence-corrected chi connectivity index (χ2v) is 4.00. The molecular weight excluding hydrogens is 208 g/mol. The molecule has 1 aliphatic rings. The Hall–Kier alpha value is -1.10. The van der Waals surface area contributed by atoms with Gasteiger partial charge >= 0.3 is 5.97 Å². The summed E-state index contributed by atoms with van der Waals surface area (Å²) in [5, 5.41) is 5.85. The van der Waals surface area contributed by atoms with Crippen LogP contribution in [-0.4, -0.2) is 37.6 Å². The lowest BCUT2D eigenvalue weighted by Gasteiger charge is -2.24. The second-order valence-electron chi connectivity index (χ2n) is 4.00. The zero-order valence-corrected chi connectivity index (χ0v) is 9.91. The minimum absolute atomic E-state index is 0.100. The molecule has 1 unspecified atom stereocenters. The maximum Gasteiger partial charge on any atom is 0.328 e. The fourth-order valence-corrected chi connectivity index (χ4v) is 1.82. The van der Waals surface area contributed by atoms with Gasteiger partial charge in [0, 0.05) is 0 Å². The summed E-state index contributed by atoms with van der Waals surface area (Å²) in [7, 11) is 1.33. The number of piperidine rings is 1. The van der Waals surface area contributed by atoms with Crippen LogP contribution in [0, 0.1) is 0 Å². The first-order chi connectivity index (χ1) is 7.69. The van der Waals surface area contributed by atoms with Crippen molar-refractivity contribution in [1.29, 1.82) is 0 Å². The Bertz CT molecular complexity index is 250. The Morgan fingerprint density at radius 2 is 2.25 bits per heavy atom. The number of carbonyl (C=O) groups excluding carboxylic acids is 2. The van der Waals surface area contributed by atoms with Crippen LogP contribution < -0.4 is 10.6 Å². The molecule has 0 aromatic heterocycles. The number of nitrogens with one attached hydrogen (secondary N) is 2. The van der Waals surface area contributed by atoms with Gasteiger partial charge in [-0.05, 0) is 25.8 Å². The molecule has 0 bridgehead atoms. The van der Waals surface area contributed by atoms with Crippen molar-refractivity contribution in [2.75, 3.05) is 13.7 Å². The SMILES string of the molecule is CCC(NC(=O)[C@H]1CCCCN1)C(=O)OC. The average Bonchev–Trinajstić information content (AvgIpc) is 2.35. The summed E-state index contributed by atoms with van der Waals surface area (Å²) < 4.78 is 4.62. The third kappa shape index (κ3) is 3.48. The predicted molar refractivity (Wildman–Crippen MR) is 59.9 cm³/mol. The Labute approximate surface area is 95.9 Å². The highest BCUT2D eigenvalue weighted by molar-refractivity contribution is 5.87. The number of hydrogen-bond donors (Lipinski definition) is 2. The van der Waals surface area contributed by atoms with Gasteiger partial charge < -0.3 is 15.4 Å². The van der Waals surface area contributed by atoms with Crippen molar-refractivity contribution in [3.63, 3.8) is 0 Å². The molecule has 0 aliphatic carbocycles. The van der Waals surface area contributed by atoms with E-state index in [2.05, 4.69) is 15.4 Å². The molecule has 2 N–H and O–H groups in total. The smallest absolute Gasteiger partial charge is 0.328 e. The Morgan fingerprint density at radius 1 is 1.50 bits per heavy atom. The van der Waals surface area contributed by atoms with E-state index >= 15 is 0 Å². The number of methoxy groups -OCH3 is 1. The molecule has 0 spiro atoms. The molecule has 1 saturated heterocycles. The van der Waals surface area contributed by atoms with Gasteiger partial charge in [-0.2, -0.15) is 0 Å². The Kier molecular flexibility index (Phi) is 5.25. The minimum Gasteiger partial charge on any atom is -0.467 e. The van der Waals surface area contributed by atoms with E-state index in [0.717, 1.165) is 25.8 Å². The first kappa shape index (κ1) is 13.0. The monoisotopic (exact) mass is 228 g/mol. The zero-order valence-electron chi connectivity index (χ0n) is 9.91. The molecule has 16 heavy (non-hydrogen) atoms. The van der Waals surface area contributed by atoms with Crippen LogP contribution in [0.3, 0.4) is 0 Å². The van der Waals surface area contributed by atoms with Crippen molar-refractivity contribution in [2.45, 2.75) is 44.7 Å². The lowest BCUT2D eigenvalue weighted by atomic mass is 10.0. The summed E-state index contributed by atoms with van der Waals surface area (Å²) in [5.74, 6) is -0.483. The van der Waals surface area contributed by atoms with Gasteiger partial charge in [-0.1, -0.05) is 13.3 Å². The topological polar surface area (TPSA) is 67.4 Å². The van der Waals surface area contributed by atoms with Crippen LogP contribution in [0.5, 0.6) is 0 Å². The van der Waals surface area contributed by atoms with Gasteiger partial charge in [-0.25, -0.2) is 4.79 Å². The van der Waals surface area contributed by atoms with Crippen LogP contribution in [0.25, 0.3) is 0 Å². The van der Waals surface area contributed by atoms with Gasteiger partial charge in [0.25, 0.3) is 0 Å². The molecule has 0 saturated carbocycles. The number of hydrogen-bond acceptors (Lipinski definition) is 4. The number of amides is 1. The third-order valence-electron chi connectivity index (χ3n) is 2.84. The summed E-state index contributed by atoms with van der Waals surface area (Å²) >= 11 is 0. The minimum atomic E-state index is -0.527. The van der Waals surface area contributed by atoms with Crippen molar-refractivity contribution in [1.82, 2.24) is 10.6 Å². The van der Waals surface area contributed by atoms with E-state index in [-0.39, 0.29) is 17.9 Å². The molecule has 5 nitrogen and oxygen atoms in total. The van der Waals surface area contributed by atoms with Crippen molar-refractivity contribution in [3.8, 4) is 0 Å². The molecule has 0 aromatic carbocycles. The Balaban J connectivity index is 2.44. The van der Waals surface area contributed by atoms with Crippen molar-refractivity contribution in [3.05, 3.63) is 0 Å². The molecule has 1 heterocycles. The van der Waals surface area contributed by atoms with Gasteiger partial charge in [0.05, 0.1) is 13.2 Å². The lowest BCUT2D eigenvalue weighted by molar-refractivity contribution is -0.145. The van der Waals surface area contributed by atoms with Crippen molar-refractivity contribution < 1.29 is 14.3 Å². The number of esters is 1. The quantitative estimate of drug-likeness (QED) is 0.674. The highest BCUT2D eigenvalue weighted by Gasteiger charge is 2.25. The average molecular weight is 228 g/mol.